The fourth-order valence-electron chi connectivity index (χ4n) is 2.16. The molecule has 0 saturated carbocycles. The molecule has 2 aromatic rings. The van der Waals surface area contributed by atoms with Crippen molar-refractivity contribution in [2.75, 3.05) is 5.32 Å². The van der Waals surface area contributed by atoms with E-state index in [4.69, 9.17) is 10.2 Å². The van der Waals surface area contributed by atoms with E-state index in [9.17, 15) is 27.6 Å². The number of nitrogens with one attached hydrogen (secondary N) is 1. The summed E-state index contributed by atoms with van der Waals surface area (Å²) in [4.78, 5) is 35.1. The standard InChI is InChI=1S/C15H11F3N2O4/c1-5(21)9-6(2)24-15(10(9)13(19)22)20-14(23)7-3-4-8(16)12(18)11(7)17/h3-4H,1-2H3,(H2,19,22)(H,20,23). The second kappa shape index (κ2) is 6.19. The van der Waals surface area contributed by atoms with Crippen molar-refractivity contribution in [2.24, 2.45) is 5.73 Å². The maximum Gasteiger partial charge on any atom is 0.261 e. The molecule has 1 heterocycles. The van der Waals surface area contributed by atoms with Crippen molar-refractivity contribution in [2.45, 2.75) is 13.8 Å². The van der Waals surface area contributed by atoms with Gasteiger partial charge in [-0.15, -0.1) is 0 Å². The minimum absolute atomic E-state index is 0.0114. The topological polar surface area (TPSA) is 102 Å². The Hall–Kier alpha value is -3.10. The number of carbonyl (C=O) groups is 3. The molecule has 1 aromatic heterocycles. The number of aryl methyl sites for hydroxylation is 1. The molecule has 0 fully saturated rings. The number of ketones is 1. The van der Waals surface area contributed by atoms with Crippen LogP contribution in [0.3, 0.4) is 0 Å². The first-order valence-electron chi connectivity index (χ1n) is 6.54. The molecule has 126 valence electrons. The molecule has 0 saturated heterocycles. The van der Waals surface area contributed by atoms with Crippen LogP contribution < -0.4 is 11.1 Å². The molecule has 2 amide bonds. The lowest BCUT2D eigenvalue weighted by atomic mass is 10.1. The number of rotatable bonds is 4. The molecule has 0 aliphatic rings. The average molecular weight is 340 g/mol. The van der Waals surface area contributed by atoms with Crippen molar-refractivity contribution in [1.29, 1.82) is 0 Å². The van der Waals surface area contributed by atoms with Crippen LogP contribution >= 0.6 is 0 Å². The number of carbonyl (C=O) groups excluding carboxylic acids is 3. The van der Waals surface area contributed by atoms with Crippen molar-refractivity contribution in [3.63, 3.8) is 0 Å². The monoisotopic (exact) mass is 340 g/mol. The number of hydrogen-bond donors (Lipinski definition) is 2. The number of anilines is 1. The van der Waals surface area contributed by atoms with Crippen LogP contribution in [0.15, 0.2) is 16.5 Å². The van der Waals surface area contributed by atoms with E-state index in [2.05, 4.69) is 0 Å². The Bertz CT molecular complexity index is 874. The Balaban J connectivity index is 2.47. The van der Waals surface area contributed by atoms with Gasteiger partial charge in [-0.05, 0) is 26.0 Å². The first-order valence-corrected chi connectivity index (χ1v) is 6.54. The first kappa shape index (κ1) is 17.3. The highest BCUT2D eigenvalue weighted by Crippen LogP contribution is 2.28. The molecule has 9 heteroatoms. The predicted octanol–water partition coefficient (Wildman–Crippen LogP) is 2.56. The summed E-state index contributed by atoms with van der Waals surface area (Å²) in [6.45, 7) is 2.52. The van der Waals surface area contributed by atoms with Gasteiger partial charge in [0.25, 0.3) is 11.8 Å². The quantitative estimate of drug-likeness (QED) is 0.659. The third-order valence-electron chi connectivity index (χ3n) is 3.19. The summed E-state index contributed by atoms with van der Waals surface area (Å²) in [6, 6.07) is 1.28. The van der Waals surface area contributed by atoms with E-state index in [1.165, 1.54) is 6.92 Å². The van der Waals surface area contributed by atoms with Crippen LogP contribution in [0.25, 0.3) is 0 Å². The minimum atomic E-state index is -1.82. The second-order valence-electron chi connectivity index (χ2n) is 4.83. The summed E-state index contributed by atoms with van der Waals surface area (Å²) in [5.74, 6) is -8.27. The molecular formula is C15H11F3N2O4. The highest BCUT2D eigenvalue weighted by atomic mass is 19.2. The Labute approximate surface area is 133 Å². The van der Waals surface area contributed by atoms with Gasteiger partial charge in [-0.2, -0.15) is 0 Å². The summed E-state index contributed by atoms with van der Waals surface area (Å²) >= 11 is 0. The maximum absolute atomic E-state index is 13.6. The molecule has 0 bridgehead atoms. The van der Waals surface area contributed by atoms with Crippen molar-refractivity contribution >= 4 is 23.5 Å². The second-order valence-corrected chi connectivity index (χ2v) is 4.83. The van der Waals surface area contributed by atoms with Crippen LogP contribution in [0.4, 0.5) is 19.1 Å². The number of amides is 2. The lowest BCUT2D eigenvalue weighted by Crippen LogP contribution is -2.20. The number of nitrogens with two attached hydrogens (primary N) is 1. The number of benzene rings is 1. The smallest absolute Gasteiger partial charge is 0.261 e. The van der Waals surface area contributed by atoms with Crippen molar-refractivity contribution in [1.82, 2.24) is 0 Å². The van der Waals surface area contributed by atoms with E-state index in [1.54, 1.807) is 0 Å². The average Bonchev–Trinajstić information content (AvgIpc) is 2.81. The zero-order valence-electron chi connectivity index (χ0n) is 12.5. The van der Waals surface area contributed by atoms with Crippen LogP contribution in [0.1, 0.15) is 43.8 Å². The Kier molecular flexibility index (Phi) is 4.45. The minimum Gasteiger partial charge on any atom is -0.444 e. The number of Topliss-reactive ketones (excluding diaryl/α,β-unsaturated/α-hetero) is 1. The summed E-state index contributed by atoms with van der Waals surface area (Å²) in [7, 11) is 0. The van der Waals surface area contributed by atoms with E-state index in [0.717, 1.165) is 6.92 Å². The molecule has 0 unspecified atom stereocenters. The molecular weight excluding hydrogens is 329 g/mol. The van der Waals surface area contributed by atoms with Gasteiger partial charge in [0.15, 0.2) is 23.2 Å². The largest absolute Gasteiger partial charge is 0.444 e. The van der Waals surface area contributed by atoms with E-state index in [1.807, 2.05) is 5.32 Å². The fraction of sp³-hybridized carbons (Fsp3) is 0.133. The zero-order chi connectivity index (χ0) is 18.2. The van der Waals surface area contributed by atoms with Crippen LogP contribution in [-0.4, -0.2) is 17.6 Å². The van der Waals surface area contributed by atoms with Gasteiger partial charge in [-0.1, -0.05) is 0 Å². The van der Waals surface area contributed by atoms with Gasteiger partial charge in [0.05, 0.1) is 11.1 Å². The lowest BCUT2D eigenvalue weighted by molar-refractivity contribution is 0.0974. The van der Waals surface area contributed by atoms with Crippen molar-refractivity contribution in [3.05, 3.63) is 52.0 Å². The molecule has 3 N–H and O–H groups in total. The van der Waals surface area contributed by atoms with Gasteiger partial charge in [-0.25, -0.2) is 13.2 Å². The van der Waals surface area contributed by atoms with E-state index in [-0.39, 0.29) is 11.3 Å². The molecule has 6 nitrogen and oxygen atoms in total. The highest BCUT2D eigenvalue weighted by molar-refractivity contribution is 6.13. The first-order chi connectivity index (χ1) is 11.1. The van der Waals surface area contributed by atoms with Crippen LogP contribution in [-0.2, 0) is 0 Å². The predicted molar refractivity (Wildman–Crippen MR) is 76.2 cm³/mol. The molecule has 1 aromatic carbocycles. The normalized spacial score (nSPS) is 10.5. The van der Waals surface area contributed by atoms with Gasteiger partial charge < -0.3 is 10.2 Å². The molecule has 0 radical (unpaired) electrons. The van der Waals surface area contributed by atoms with Gasteiger partial charge in [0.1, 0.15) is 11.3 Å². The summed E-state index contributed by atoms with van der Waals surface area (Å²) in [5, 5.41) is 2.02. The van der Waals surface area contributed by atoms with Gasteiger partial charge in [0, 0.05) is 0 Å². The summed E-state index contributed by atoms with van der Waals surface area (Å²) in [6.07, 6.45) is 0. The van der Waals surface area contributed by atoms with Gasteiger partial charge >= 0.3 is 0 Å². The number of halogens is 3. The number of hydrogen-bond acceptors (Lipinski definition) is 4. The van der Waals surface area contributed by atoms with Crippen LogP contribution in [0.2, 0.25) is 0 Å². The molecule has 24 heavy (non-hydrogen) atoms. The Morgan fingerprint density at radius 1 is 1.08 bits per heavy atom. The van der Waals surface area contributed by atoms with Gasteiger partial charge in [-0.3, -0.25) is 19.7 Å². The Morgan fingerprint density at radius 2 is 1.71 bits per heavy atom. The molecule has 0 spiro atoms. The van der Waals surface area contributed by atoms with E-state index >= 15 is 0 Å². The Morgan fingerprint density at radius 3 is 2.25 bits per heavy atom. The molecule has 0 aliphatic heterocycles. The van der Waals surface area contributed by atoms with Gasteiger partial charge in [0.2, 0.25) is 5.88 Å². The zero-order valence-corrected chi connectivity index (χ0v) is 12.5. The number of primary amides is 1. The number of furan rings is 1. The van der Waals surface area contributed by atoms with Crippen molar-refractivity contribution in [3.8, 4) is 0 Å². The SMILES string of the molecule is CC(=O)c1c(C)oc(NC(=O)c2ccc(F)c(F)c2F)c1C(N)=O. The summed E-state index contributed by atoms with van der Waals surface area (Å²) < 4.78 is 44.8. The van der Waals surface area contributed by atoms with Crippen LogP contribution in [0.5, 0.6) is 0 Å². The third-order valence-corrected chi connectivity index (χ3v) is 3.19. The fourth-order valence-corrected chi connectivity index (χ4v) is 2.16. The molecule has 0 atom stereocenters. The molecule has 2 rings (SSSR count). The lowest BCUT2D eigenvalue weighted by Gasteiger charge is -2.06. The molecule has 0 aliphatic carbocycles. The maximum atomic E-state index is 13.6. The third kappa shape index (κ3) is 2.87. The van der Waals surface area contributed by atoms with E-state index in [0.29, 0.717) is 12.1 Å². The summed E-state index contributed by atoms with van der Waals surface area (Å²) in [5.41, 5.74) is 3.82. The van der Waals surface area contributed by atoms with Crippen molar-refractivity contribution < 1.29 is 32.0 Å². The van der Waals surface area contributed by atoms with Crippen LogP contribution in [0, 0.1) is 24.4 Å². The highest BCUT2D eigenvalue weighted by Gasteiger charge is 2.27. The van der Waals surface area contributed by atoms with E-state index < -0.39 is 52.1 Å².